The number of methoxy groups -OCH3 is 4. The molecule has 1 fully saturated rings. The first-order chi connectivity index (χ1) is 19.3. The fourth-order valence-corrected chi connectivity index (χ4v) is 5.70. The lowest BCUT2D eigenvalue weighted by Crippen LogP contribution is -2.60. The molecule has 0 radical (unpaired) electrons. The van der Waals surface area contributed by atoms with Crippen molar-refractivity contribution in [1.82, 2.24) is 0 Å². The molecule has 6 N–H and O–H groups in total. The summed E-state index contributed by atoms with van der Waals surface area (Å²) in [6, 6.07) is 7.15. The highest BCUT2D eigenvalue weighted by molar-refractivity contribution is 5.58. The Morgan fingerprint density at radius 2 is 1.32 bits per heavy atom. The van der Waals surface area contributed by atoms with Crippen LogP contribution in [-0.4, -0.2) is 110 Å². The van der Waals surface area contributed by atoms with Gasteiger partial charge in [0.15, 0.2) is 23.0 Å². The Hall–Kier alpha value is -2.84. The van der Waals surface area contributed by atoms with E-state index in [2.05, 4.69) is 0 Å². The summed E-state index contributed by atoms with van der Waals surface area (Å²) in [5.41, 5.74) is 2.51. The second-order valence-electron chi connectivity index (χ2n) is 9.95. The predicted octanol–water partition coefficient (Wildman–Crippen LogP) is -0.195. The van der Waals surface area contributed by atoms with Gasteiger partial charge in [-0.2, -0.15) is 0 Å². The maximum atomic E-state index is 10.5. The maximum Gasteiger partial charge on any atom is 0.229 e. The third-order valence-electron chi connectivity index (χ3n) is 7.87. The van der Waals surface area contributed by atoms with Gasteiger partial charge in [-0.05, 0) is 59.2 Å². The molecular weight excluding hydrogens is 528 g/mol. The summed E-state index contributed by atoms with van der Waals surface area (Å²) in [5.74, 6) is 0.525. The summed E-state index contributed by atoms with van der Waals surface area (Å²) in [5, 5.41) is 61.0. The average molecular weight is 567 g/mol. The molecule has 4 rings (SSSR count). The normalized spacial score (nSPS) is 29.9. The van der Waals surface area contributed by atoms with E-state index in [-0.39, 0.29) is 42.3 Å². The minimum atomic E-state index is -1.64. The molecule has 12 heteroatoms. The molecule has 222 valence electrons. The minimum absolute atomic E-state index is 0.0562. The number of fused-ring (bicyclic) bond motifs is 1. The van der Waals surface area contributed by atoms with Gasteiger partial charge in [-0.15, -0.1) is 0 Å². The van der Waals surface area contributed by atoms with Gasteiger partial charge in [0.05, 0.1) is 35.0 Å². The van der Waals surface area contributed by atoms with E-state index in [1.165, 1.54) is 14.2 Å². The third kappa shape index (κ3) is 5.40. The van der Waals surface area contributed by atoms with Crippen LogP contribution in [0.4, 0.5) is 0 Å². The number of rotatable bonds is 10. The molecular formula is C28H38O12. The number of benzene rings is 2. The van der Waals surface area contributed by atoms with Crippen LogP contribution in [0.5, 0.6) is 28.7 Å². The molecule has 0 aromatic heterocycles. The van der Waals surface area contributed by atoms with Gasteiger partial charge in [-0.25, -0.2) is 0 Å². The van der Waals surface area contributed by atoms with Crippen LogP contribution in [0.2, 0.25) is 0 Å². The molecule has 0 bridgehead atoms. The van der Waals surface area contributed by atoms with Crippen molar-refractivity contribution >= 4 is 0 Å². The number of hydrogen-bond acceptors (Lipinski definition) is 12. The summed E-state index contributed by atoms with van der Waals surface area (Å²) >= 11 is 0. The molecule has 1 aliphatic carbocycles. The van der Waals surface area contributed by atoms with Gasteiger partial charge in [-0.3, -0.25) is 0 Å². The van der Waals surface area contributed by atoms with E-state index in [0.29, 0.717) is 23.5 Å². The number of aliphatic hydroxyl groups excluding tert-OH is 6. The molecule has 12 nitrogen and oxygen atoms in total. The van der Waals surface area contributed by atoms with Gasteiger partial charge in [0, 0.05) is 19.1 Å². The average Bonchev–Trinajstić information content (AvgIpc) is 2.99. The van der Waals surface area contributed by atoms with Gasteiger partial charge in [0.2, 0.25) is 12.0 Å². The topological polar surface area (TPSA) is 177 Å². The molecule has 1 heterocycles. The minimum Gasteiger partial charge on any atom is -0.493 e. The van der Waals surface area contributed by atoms with Crippen LogP contribution in [0.3, 0.4) is 0 Å². The highest BCUT2D eigenvalue weighted by atomic mass is 16.7. The summed E-state index contributed by atoms with van der Waals surface area (Å²) in [6.45, 7) is -0.943. The fourth-order valence-electron chi connectivity index (χ4n) is 5.70. The van der Waals surface area contributed by atoms with Crippen molar-refractivity contribution < 1.29 is 59.1 Å². The van der Waals surface area contributed by atoms with Crippen LogP contribution in [0, 0.1) is 11.8 Å². The highest BCUT2D eigenvalue weighted by Gasteiger charge is 2.45. The van der Waals surface area contributed by atoms with Crippen molar-refractivity contribution in [2.45, 2.75) is 43.0 Å². The Kier molecular flexibility index (Phi) is 9.62. The van der Waals surface area contributed by atoms with E-state index in [9.17, 15) is 30.6 Å². The van der Waals surface area contributed by atoms with Crippen LogP contribution in [0.15, 0.2) is 24.3 Å². The maximum absolute atomic E-state index is 10.5. The molecule has 8 atom stereocenters. The van der Waals surface area contributed by atoms with Crippen LogP contribution < -0.4 is 23.7 Å². The Bertz CT molecular complexity index is 1130. The zero-order valence-electron chi connectivity index (χ0n) is 22.9. The SMILES string of the molecule is COc1cc2c(cc1OC)[C@@H](c1cc(OC)c(O[C@@H]3O[C@H](CO)[C@@H](O)[C@H](O)[C@H]3O)c(OC)c1)[C@H](CO)[C@@H](CO)C2. The number of ether oxygens (including phenoxy) is 6. The third-order valence-corrected chi connectivity index (χ3v) is 7.87. The number of hydrogen-bond donors (Lipinski definition) is 6. The quantitative estimate of drug-likeness (QED) is 0.224. The summed E-state index contributed by atoms with van der Waals surface area (Å²) < 4.78 is 33.7. The largest absolute Gasteiger partial charge is 0.493 e. The van der Waals surface area contributed by atoms with Crippen LogP contribution in [-0.2, 0) is 11.2 Å². The standard InChI is InChI=1S/C28H38O12/c1-35-18-6-13-5-15(10-29)17(11-30)23(16(13)9-19(18)36-2)14-7-20(37-3)27(21(8-14)38-4)40-28-26(34)25(33)24(32)22(12-31)39-28/h6-9,15,17,22-26,28-34H,5,10-12H2,1-4H3/t15-,17-,22-,23-,24-,25+,26-,28+/m1/s1. The molecule has 0 saturated carbocycles. The molecule has 1 aliphatic heterocycles. The Morgan fingerprint density at radius 1 is 0.725 bits per heavy atom. The lowest BCUT2D eigenvalue weighted by atomic mass is 9.67. The Morgan fingerprint density at radius 3 is 1.85 bits per heavy atom. The van der Waals surface area contributed by atoms with Crippen molar-refractivity contribution in [3.05, 3.63) is 41.0 Å². The molecule has 2 aliphatic rings. The van der Waals surface area contributed by atoms with Crippen molar-refractivity contribution in [2.75, 3.05) is 48.3 Å². The second-order valence-corrected chi connectivity index (χ2v) is 9.95. The molecule has 0 amide bonds. The van der Waals surface area contributed by atoms with Gasteiger partial charge in [0.25, 0.3) is 0 Å². The molecule has 2 aromatic rings. The van der Waals surface area contributed by atoms with Crippen LogP contribution in [0.25, 0.3) is 0 Å². The first-order valence-electron chi connectivity index (χ1n) is 13.0. The smallest absolute Gasteiger partial charge is 0.229 e. The monoisotopic (exact) mass is 566 g/mol. The summed E-state index contributed by atoms with van der Waals surface area (Å²) in [7, 11) is 5.93. The molecule has 2 aromatic carbocycles. The fraction of sp³-hybridized carbons (Fsp3) is 0.571. The summed E-state index contributed by atoms with van der Waals surface area (Å²) in [4.78, 5) is 0. The first kappa shape index (κ1) is 30.1. The van der Waals surface area contributed by atoms with E-state index >= 15 is 0 Å². The highest BCUT2D eigenvalue weighted by Crippen LogP contribution is 2.50. The van der Waals surface area contributed by atoms with Gasteiger partial charge >= 0.3 is 0 Å². The zero-order chi connectivity index (χ0) is 29.1. The van der Waals surface area contributed by atoms with Crippen LogP contribution in [0.1, 0.15) is 22.6 Å². The molecule has 0 unspecified atom stereocenters. The Balaban J connectivity index is 1.81. The van der Waals surface area contributed by atoms with Crippen molar-refractivity contribution in [3.63, 3.8) is 0 Å². The van der Waals surface area contributed by atoms with Gasteiger partial charge in [0.1, 0.15) is 24.4 Å². The van der Waals surface area contributed by atoms with E-state index in [1.807, 2.05) is 12.1 Å². The van der Waals surface area contributed by atoms with E-state index in [1.54, 1.807) is 26.4 Å². The van der Waals surface area contributed by atoms with E-state index in [4.69, 9.17) is 28.4 Å². The van der Waals surface area contributed by atoms with Gasteiger partial charge in [-0.1, -0.05) is 0 Å². The van der Waals surface area contributed by atoms with Gasteiger partial charge < -0.3 is 59.1 Å². The van der Waals surface area contributed by atoms with Crippen molar-refractivity contribution in [3.8, 4) is 28.7 Å². The van der Waals surface area contributed by atoms with Crippen molar-refractivity contribution in [2.24, 2.45) is 11.8 Å². The lowest BCUT2D eigenvalue weighted by molar-refractivity contribution is -0.277. The zero-order valence-corrected chi connectivity index (χ0v) is 22.9. The van der Waals surface area contributed by atoms with E-state index in [0.717, 1.165) is 11.1 Å². The first-order valence-corrected chi connectivity index (χ1v) is 13.0. The molecule has 1 saturated heterocycles. The number of aliphatic hydroxyl groups is 6. The summed E-state index contributed by atoms with van der Waals surface area (Å²) in [6.07, 6.45) is -6.89. The van der Waals surface area contributed by atoms with E-state index < -0.39 is 43.2 Å². The van der Waals surface area contributed by atoms with Crippen molar-refractivity contribution in [1.29, 1.82) is 0 Å². The Labute approximate surface area is 232 Å². The van der Waals surface area contributed by atoms with Crippen LogP contribution >= 0.6 is 0 Å². The lowest BCUT2D eigenvalue weighted by Gasteiger charge is -2.40. The molecule has 40 heavy (non-hydrogen) atoms. The second kappa shape index (κ2) is 12.8. The molecule has 0 spiro atoms. The predicted molar refractivity (Wildman–Crippen MR) is 140 cm³/mol.